The molecule has 0 bridgehead atoms. The fraction of sp³-hybridized carbons (Fsp3) is 0.556. The number of halogens is 3. The molecule has 2 rings (SSSR count). The van der Waals surface area contributed by atoms with Gasteiger partial charge in [0.05, 0.1) is 38.6 Å². The van der Waals surface area contributed by atoms with E-state index in [4.69, 9.17) is 14.2 Å². The Bertz CT molecular complexity index is 760. The van der Waals surface area contributed by atoms with E-state index in [0.717, 1.165) is 0 Å². The number of alkyl halides is 3. The van der Waals surface area contributed by atoms with E-state index in [-0.39, 0.29) is 44.5 Å². The second-order valence-electron chi connectivity index (χ2n) is 6.30. The van der Waals surface area contributed by atoms with Crippen LogP contribution in [-0.2, 0) is 19.0 Å². The van der Waals surface area contributed by atoms with Gasteiger partial charge in [0.25, 0.3) is 0 Å². The summed E-state index contributed by atoms with van der Waals surface area (Å²) in [5.74, 6) is -0.560. The molecule has 168 valence electrons. The first-order valence-corrected chi connectivity index (χ1v) is 9.88. The smallest absolute Gasteiger partial charge is 0.507 e. The first-order chi connectivity index (χ1) is 14.1. The van der Waals surface area contributed by atoms with Gasteiger partial charge in [0.2, 0.25) is 0 Å². The van der Waals surface area contributed by atoms with Crippen molar-refractivity contribution in [2.75, 3.05) is 45.4 Å². The van der Waals surface area contributed by atoms with E-state index in [1.807, 2.05) is 0 Å². The van der Waals surface area contributed by atoms with Crippen LogP contribution in [0, 0.1) is 0 Å². The summed E-state index contributed by atoms with van der Waals surface area (Å²) in [6.45, 7) is 1.26. The summed E-state index contributed by atoms with van der Waals surface area (Å²) < 4.78 is 54.7. The van der Waals surface area contributed by atoms with Gasteiger partial charge in [-0.2, -0.15) is 0 Å². The largest absolute Gasteiger partial charge is 0.522 e. The van der Waals surface area contributed by atoms with Gasteiger partial charge in [-0.05, 0) is 19.1 Å². The van der Waals surface area contributed by atoms with Crippen molar-refractivity contribution in [2.45, 2.75) is 18.8 Å². The monoisotopic (exact) mass is 453 g/mol. The Balaban J connectivity index is 1.76. The summed E-state index contributed by atoms with van der Waals surface area (Å²) in [6.07, 6.45) is -4.67. The van der Waals surface area contributed by atoms with Gasteiger partial charge in [-0.1, -0.05) is 6.07 Å². The van der Waals surface area contributed by atoms with Gasteiger partial charge >= 0.3 is 12.3 Å². The number of carbonyl (C=O) groups is 1. The van der Waals surface area contributed by atoms with E-state index in [0.29, 0.717) is 16.4 Å². The standard InChI is InChI=1S/C18H22F3NO7S/c1-17(16(24)25)11-30-15(22-17)14-12(23)3-2-4-13(14)28-9-7-26-5-6-27-8-10-29-18(19,20)21/h2-4,23H,5-11H2,1H3,(H,24,25)/t17-/m1/s1. The Morgan fingerprint density at radius 1 is 1.17 bits per heavy atom. The summed E-state index contributed by atoms with van der Waals surface area (Å²) in [7, 11) is 0. The number of ether oxygens (including phenoxy) is 4. The number of benzene rings is 1. The summed E-state index contributed by atoms with van der Waals surface area (Å²) in [5.41, 5.74) is -0.950. The molecular weight excluding hydrogens is 431 g/mol. The van der Waals surface area contributed by atoms with Crippen molar-refractivity contribution in [3.8, 4) is 11.5 Å². The van der Waals surface area contributed by atoms with Gasteiger partial charge in [-0.15, -0.1) is 24.9 Å². The number of phenolic OH excluding ortho intramolecular Hbond substituents is 1. The van der Waals surface area contributed by atoms with Gasteiger partial charge < -0.3 is 24.4 Å². The first-order valence-electron chi connectivity index (χ1n) is 8.90. The Morgan fingerprint density at radius 3 is 2.40 bits per heavy atom. The van der Waals surface area contributed by atoms with Crippen LogP contribution in [0.15, 0.2) is 23.2 Å². The summed E-state index contributed by atoms with van der Waals surface area (Å²) in [5, 5.41) is 19.9. The van der Waals surface area contributed by atoms with Crippen molar-refractivity contribution < 1.29 is 47.1 Å². The van der Waals surface area contributed by atoms with Gasteiger partial charge in [0, 0.05) is 5.75 Å². The number of hydrogen-bond donors (Lipinski definition) is 2. The van der Waals surface area contributed by atoms with Crippen molar-refractivity contribution in [3.05, 3.63) is 23.8 Å². The molecule has 0 aromatic heterocycles. The second-order valence-corrected chi connectivity index (χ2v) is 7.27. The van der Waals surface area contributed by atoms with Crippen molar-refractivity contribution in [1.29, 1.82) is 0 Å². The van der Waals surface area contributed by atoms with Gasteiger partial charge in [-0.3, -0.25) is 9.73 Å². The van der Waals surface area contributed by atoms with E-state index in [9.17, 15) is 28.2 Å². The fourth-order valence-electron chi connectivity index (χ4n) is 2.34. The minimum Gasteiger partial charge on any atom is -0.507 e. The van der Waals surface area contributed by atoms with Crippen molar-refractivity contribution >= 4 is 22.8 Å². The SMILES string of the molecule is C[C@]1(C(=O)O)CSC(c2c(O)cccc2OCCOCCOCCOC(F)(F)F)=N1. The number of carboxylic acid groups (broad SMARTS) is 1. The molecule has 1 heterocycles. The highest BCUT2D eigenvalue weighted by Crippen LogP contribution is 2.38. The fourth-order valence-corrected chi connectivity index (χ4v) is 3.56. The van der Waals surface area contributed by atoms with Gasteiger partial charge in [0.1, 0.15) is 23.1 Å². The lowest BCUT2D eigenvalue weighted by molar-refractivity contribution is -0.327. The lowest BCUT2D eigenvalue weighted by Gasteiger charge is -2.13. The molecule has 1 aliphatic heterocycles. The van der Waals surface area contributed by atoms with E-state index in [1.54, 1.807) is 12.1 Å². The number of aromatic hydroxyl groups is 1. The molecule has 1 aromatic rings. The molecule has 2 N–H and O–H groups in total. The maximum Gasteiger partial charge on any atom is 0.522 e. The third kappa shape index (κ3) is 7.35. The third-order valence-electron chi connectivity index (χ3n) is 3.87. The molecule has 0 saturated heterocycles. The molecule has 30 heavy (non-hydrogen) atoms. The highest BCUT2D eigenvalue weighted by Gasteiger charge is 2.39. The Kier molecular flexibility index (Phi) is 8.77. The molecular formula is C18H22F3NO7S. The van der Waals surface area contributed by atoms with Gasteiger partial charge in [-0.25, -0.2) is 4.79 Å². The van der Waals surface area contributed by atoms with Crippen LogP contribution in [-0.4, -0.2) is 78.5 Å². The number of aliphatic carboxylic acids is 1. The molecule has 1 atom stereocenters. The number of carboxylic acids is 1. The van der Waals surface area contributed by atoms with Crippen LogP contribution in [0.2, 0.25) is 0 Å². The zero-order valence-electron chi connectivity index (χ0n) is 16.1. The molecule has 0 unspecified atom stereocenters. The van der Waals surface area contributed by atoms with Crippen LogP contribution < -0.4 is 4.74 Å². The predicted octanol–water partition coefficient (Wildman–Crippen LogP) is 2.68. The summed E-state index contributed by atoms with van der Waals surface area (Å²) in [4.78, 5) is 15.6. The van der Waals surface area contributed by atoms with Crippen LogP contribution >= 0.6 is 11.8 Å². The molecule has 1 aliphatic rings. The second kappa shape index (κ2) is 10.8. The Morgan fingerprint density at radius 2 is 1.80 bits per heavy atom. The zero-order valence-corrected chi connectivity index (χ0v) is 16.9. The highest BCUT2D eigenvalue weighted by atomic mass is 32.2. The molecule has 0 saturated carbocycles. The van der Waals surface area contributed by atoms with Crippen LogP contribution in [0.4, 0.5) is 13.2 Å². The first kappa shape index (κ1) is 24.3. The number of hydrogen-bond acceptors (Lipinski definition) is 8. The van der Waals surface area contributed by atoms with Gasteiger partial charge in [0.15, 0.2) is 5.54 Å². The number of thioether (sulfide) groups is 1. The molecule has 1 aromatic carbocycles. The quantitative estimate of drug-likeness (QED) is 0.466. The summed E-state index contributed by atoms with van der Waals surface area (Å²) in [6, 6.07) is 4.67. The number of rotatable bonds is 12. The molecule has 0 amide bonds. The average Bonchev–Trinajstić information content (AvgIpc) is 3.05. The topological polar surface area (TPSA) is 107 Å². The van der Waals surface area contributed by atoms with Crippen LogP contribution in [0.1, 0.15) is 12.5 Å². The van der Waals surface area contributed by atoms with Crippen molar-refractivity contribution in [3.63, 3.8) is 0 Å². The van der Waals surface area contributed by atoms with Crippen LogP contribution in [0.5, 0.6) is 11.5 Å². The van der Waals surface area contributed by atoms with E-state index in [2.05, 4.69) is 9.73 Å². The minimum atomic E-state index is -4.67. The van der Waals surface area contributed by atoms with E-state index >= 15 is 0 Å². The van der Waals surface area contributed by atoms with Crippen molar-refractivity contribution in [2.24, 2.45) is 4.99 Å². The maximum atomic E-state index is 11.8. The summed E-state index contributed by atoms with van der Waals surface area (Å²) >= 11 is 1.22. The zero-order chi connectivity index (χ0) is 22.2. The molecule has 0 fully saturated rings. The molecule has 0 aliphatic carbocycles. The van der Waals surface area contributed by atoms with E-state index < -0.39 is 24.5 Å². The molecule has 8 nitrogen and oxygen atoms in total. The van der Waals surface area contributed by atoms with E-state index in [1.165, 1.54) is 24.8 Å². The molecule has 0 spiro atoms. The lowest BCUT2D eigenvalue weighted by atomic mass is 10.1. The normalized spacial score (nSPS) is 19.0. The highest BCUT2D eigenvalue weighted by molar-refractivity contribution is 8.14. The Hall–Kier alpha value is -2.02. The lowest BCUT2D eigenvalue weighted by Crippen LogP contribution is -2.33. The number of nitrogens with zero attached hydrogens (tertiary/aromatic N) is 1. The van der Waals surface area contributed by atoms with Crippen LogP contribution in [0.3, 0.4) is 0 Å². The minimum absolute atomic E-state index is 0.0798. The van der Waals surface area contributed by atoms with Crippen molar-refractivity contribution in [1.82, 2.24) is 0 Å². The molecule has 0 radical (unpaired) electrons. The third-order valence-corrected chi connectivity index (χ3v) is 5.14. The average molecular weight is 453 g/mol. The number of aliphatic imine (C=N–C) groups is 1. The molecule has 12 heteroatoms. The Labute approximate surface area is 175 Å². The maximum absolute atomic E-state index is 11.8. The van der Waals surface area contributed by atoms with Crippen LogP contribution in [0.25, 0.3) is 0 Å². The predicted molar refractivity (Wildman–Crippen MR) is 102 cm³/mol. The number of phenols is 1.